The van der Waals surface area contributed by atoms with E-state index in [1.54, 1.807) is 14.1 Å². The van der Waals surface area contributed by atoms with Gasteiger partial charge in [0.1, 0.15) is 17.3 Å². The van der Waals surface area contributed by atoms with Crippen molar-refractivity contribution in [3.63, 3.8) is 0 Å². The number of nitrogens with zero attached hydrogens (tertiary/aromatic N) is 5. The molecule has 0 unspecified atom stereocenters. The molecule has 1 aromatic heterocycles. The van der Waals surface area contributed by atoms with E-state index in [-0.39, 0.29) is 36.2 Å². The van der Waals surface area contributed by atoms with Crippen LogP contribution >= 0.6 is 11.5 Å². The highest BCUT2D eigenvalue weighted by Gasteiger charge is 2.31. The van der Waals surface area contributed by atoms with Gasteiger partial charge in [0.25, 0.3) is 5.91 Å². The number of hydrogen-bond acceptors (Lipinski definition) is 6. The summed E-state index contributed by atoms with van der Waals surface area (Å²) in [7, 11) is 3.44. The summed E-state index contributed by atoms with van der Waals surface area (Å²) in [5.41, 5.74) is 2.79. The normalized spacial score (nSPS) is 15.3. The van der Waals surface area contributed by atoms with Crippen molar-refractivity contribution in [2.45, 2.75) is 46.6 Å². The lowest BCUT2D eigenvalue weighted by Crippen LogP contribution is -2.39. The molecule has 0 spiro atoms. The number of benzene rings is 2. The Morgan fingerprint density at radius 1 is 1.29 bits per heavy atom. The van der Waals surface area contributed by atoms with Crippen LogP contribution in [0.15, 0.2) is 41.4 Å². The summed E-state index contributed by atoms with van der Waals surface area (Å²) >= 11 is 1.24. The Balaban J connectivity index is 0.000000221. The van der Waals surface area contributed by atoms with Crippen LogP contribution in [0.4, 0.5) is 26.2 Å². The fourth-order valence-corrected chi connectivity index (χ4v) is 5.19. The van der Waals surface area contributed by atoms with Crippen LogP contribution in [0, 0.1) is 23.6 Å². The first-order valence-corrected chi connectivity index (χ1v) is 14.0. The third kappa shape index (κ3) is 6.95. The van der Waals surface area contributed by atoms with Gasteiger partial charge in [-0.15, -0.1) is 6.42 Å². The van der Waals surface area contributed by atoms with Crippen molar-refractivity contribution < 1.29 is 18.7 Å². The van der Waals surface area contributed by atoms with E-state index >= 15 is 0 Å². The smallest absolute Gasteiger partial charge is 0.321 e. The lowest BCUT2D eigenvalue weighted by molar-refractivity contribution is -0.121. The Kier molecular flexibility index (Phi) is 8.83. The van der Waals surface area contributed by atoms with Crippen LogP contribution in [0.2, 0.25) is 0 Å². The zero-order valence-electron chi connectivity index (χ0n) is 24.2. The quantitative estimate of drug-likeness (QED) is 0.433. The van der Waals surface area contributed by atoms with Crippen LogP contribution in [0.3, 0.4) is 0 Å². The second-order valence-electron chi connectivity index (χ2n) is 11.3. The predicted octanol–water partition coefficient (Wildman–Crippen LogP) is 5.16. The summed E-state index contributed by atoms with van der Waals surface area (Å²) in [4.78, 5) is 31.4. The van der Waals surface area contributed by atoms with Gasteiger partial charge in [-0.2, -0.15) is 4.37 Å². The zero-order chi connectivity index (χ0) is 29.9. The summed E-state index contributed by atoms with van der Waals surface area (Å²) in [5, 5.41) is 2.79. The largest absolute Gasteiger partial charge is 0.481 e. The molecule has 9 nitrogen and oxygen atoms in total. The van der Waals surface area contributed by atoms with Crippen molar-refractivity contribution in [3.8, 4) is 18.1 Å². The molecule has 216 valence electrons. The molecule has 0 radical (unpaired) electrons. The Morgan fingerprint density at radius 2 is 2.00 bits per heavy atom. The first-order chi connectivity index (χ1) is 19.4. The molecular weight excluding hydrogens is 543 g/mol. The molecule has 3 amide bonds. The van der Waals surface area contributed by atoms with Crippen molar-refractivity contribution in [1.29, 1.82) is 0 Å². The highest BCUT2D eigenvalue weighted by Crippen LogP contribution is 2.37. The first-order valence-electron chi connectivity index (χ1n) is 13.3. The van der Waals surface area contributed by atoms with Gasteiger partial charge in [-0.05, 0) is 35.1 Å². The number of urea groups is 1. The summed E-state index contributed by atoms with van der Waals surface area (Å²) in [5.74, 6) is 3.44. The predicted molar refractivity (Wildman–Crippen MR) is 159 cm³/mol. The standard InChI is InChI=1S/C18H17FN4O2S.C12H18N2O/c1-4-5-22-13-7-12(11(19)6-14(13)25-9-16(22)24)20-17-23-10-18(2,3)8-15(23)21-26-17;1-9(2)10-5-7-11(8-6-10)13-12(15)14(3)4/h1,6-7H,5,8-10H2,2-3H3;5-9H,1-4H3,(H,13,15)/b20-17-;. The van der Waals surface area contributed by atoms with Gasteiger partial charge in [-0.3, -0.25) is 9.69 Å². The van der Waals surface area contributed by atoms with Gasteiger partial charge in [0, 0.05) is 50.3 Å². The lowest BCUT2D eigenvalue weighted by Gasteiger charge is -2.28. The third-order valence-electron chi connectivity index (χ3n) is 6.67. The number of carbonyl (C=O) groups is 2. The Bertz CT molecular complexity index is 1550. The molecule has 0 bridgehead atoms. The maximum Gasteiger partial charge on any atom is 0.321 e. The minimum atomic E-state index is -0.515. The van der Waals surface area contributed by atoms with E-state index in [0.29, 0.717) is 22.2 Å². The Labute approximate surface area is 243 Å². The molecule has 11 heteroatoms. The molecule has 2 aliphatic heterocycles. The Hall–Kier alpha value is -4.17. The second kappa shape index (κ2) is 12.1. The van der Waals surface area contributed by atoms with E-state index < -0.39 is 5.82 Å². The molecule has 3 aromatic rings. The summed E-state index contributed by atoms with van der Waals surface area (Å²) < 4.78 is 26.3. The van der Waals surface area contributed by atoms with E-state index in [2.05, 4.69) is 48.3 Å². The molecule has 3 heterocycles. The van der Waals surface area contributed by atoms with Crippen LogP contribution < -0.4 is 19.8 Å². The molecule has 1 N–H and O–H groups in total. The number of amides is 3. The molecule has 41 heavy (non-hydrogen) atoms. The molecule has 2 aromatic carbocycles. The molecule has 0 saturated carbocycles. The lowest BCUT2D eigenvalue weighted by atomic mass is 9.92. The minimum Gasteiger partial charge on any atom is -0.481 e. The average molecular weight is 579 g/mol. The van der Waals surface area contributed by atoms with Crippen molar-refractivity contribution in [3.05, 3.63) is 58.4 Å². The van der Waals surface area contributed by atoms with Gasteiger partial charge in [0.05, 0.1) is 12.2 Å². The molecule has 0 aliphatic carbocycles. The number of anilines is 2. The number of halogens is 1. The van der Waals surface area contributed by atoms with E-state index in [9.17, 15) is 14.0 Å². The average Bonchev–Trinajstić information content (AvgIpc) is 3.42. The summed E-state index contributed by atoms with van der Waals surface area (Å²) in [6, 6.07) is 10.6. The number of rotatable bonds is 4. The summed E-state index contributed by atoms with van der Waals surface area (Å²) in [6.45, 7) is 9.35. The van der Waals surface area contributed by atoms with Crippen LogP contribution in [0.5, 0.6) is 5.75 Å². The monoisotopic (exact) mass is 578 g/mol. The highest BCUT2D eigenvalue weighted by molar-refractivity contribution is 7.02. The molecule has 5 rings (SSSR count). The van der Waals surface area contributed by atoms with Crippen molar-refractivity contribution in [2.75, 3.05) is 37.5 Å². The molecule has 2 aliphatic rings. The van der Waals surface area contributed by atoms with E-state index in [1.807, 2.05) is 28.8 Å². The number of aromatic nitrogens is 2. The number of hydrogen-bond donors (Lipinski definition) is 1. The van der Waals surface area contributed by atoms with E-state index in [1.165, 1.54) is 39.0 Å². The Morgan fingerprint density at radius 3 is 2.63 bits per heavy atom. The van der Waals surface area contributed by atoms with Crippen LogP contribution in [0.1, 0.15) is 45.0 Å². The van der Waals surface area contributed by atoms with Gasteiger partial charge >= 0.3 is 6.03 Å². The van der Waals surface area contributed by atoms with Gasteiger partial charge in [0.2, 0.25) is 4.80 Å². The maximum absolute atomic E-state index is 14.5. The third-order valence-corrected chi connectivity index (χ3v) is 7.45. The number of carbonyl (C=O) groups excluding carboxylic acids is 2. The molecular formula is C30H35FN6O3S. The maximum atomic E-state index is 14.5. The highest BCUT2D eigenvalue weighted by atomic mass is 32.1. The van der Waals surface area contributed by atoms with Gasteiger partial charge in [-0.1, -0.05) is 45.7 Å². The number of fused-ring (bicyclic) bond motifs is 2. The minimum absolute atomic E-state index is 0.0964. The topological polar surface area (TPSA) is 92.1 Å². The van der Waals surface area contributed by atoms with Crippen LogP contribution in [-0.4, -0.2) is 53.0 Å². The molecule has 0 fully saturated rings. The number of terminal acetylenes is 1. The van der Waals surface area contributed by atoms with Crippen molar-refractivity contribution >= 4 is 40.5 Å². The SMILES string of the molecule is C#CCN1C(=O)COc2cc(F)c(/N=c3\snc4n3CC(C)(C)C4)cc21.CC(C)c1ccc(NC(=O)N(C)C)cc1. The number of nitrogens with one attached hydrogen (secondary N) is 1. The molecule has 0 atom stereocenters. The van der Waals surface area contributed by atoms with E-state index in [4.69, 9.17) is 11.2 Å². The van der Waals surface area contributed by atoms with E-state index in [0.717, 1.165) is 24.5 Å². The number of ether oxygens (including phenoxy) is 1. The first kappa shape index (κ1) is 29.8. The van der Waals surface area contributed by atoms with Crippen molar-refractivity contribution in [1.82, 2.24) is 13.8 Å². The fraction of sp³-hybridized carbons (Fsp3) is 0.400. The van der Waals surface area contributed by atoms with Crippen LogP contribution in [-0.2, 0) is 17.8 Å². The zero-order valence-corrected chi connectivity index (χ0v) is 25.0. The molecule has 0 saturated heterocycles. The second-order valence-corrected chi connectivity index (χ2v) is 12.0. The fourth-order valence-electron chi connectivity index (χ4n) is 4.43. The van der Waals surface area contributed by atoms with Gasteiger partial charge in [-0.25, -0.2) is 14.2 Å². The summed E-state index contributed by atoms with van der Waals surface area (Å²) in [6.07, 6.45) is 6.22. The van der Waals surface area contributed by atoms with Gasteiger partial charge < -0.3 is 19.5 Å². The van der Waals surface area contributed by atoms with Crippen molar-refractivity contribution in [2.24, 2.45) is 10.4 Å². The van der Waals surface area contributed by atoms with Gasteiger partial charge in [0.15, 0.2) is 12.4 Å². The van der Waals surface area contributed by atoms with Crippen LogP contribution in [0.25, 0.3) is 0 Å².